The Kier molecular flexibility index (Phi) is 5.38. The monoisotopic (exact) mass is 341 g/mol. The average molecular weight is 341 g/mol. The predicted octanol–water partition coefficient (Wildman–Crippen LogP) is 1.88. The summed E-state index contributed by atoms with van der Waals surface area (Å²) < 4.78 is 1.65. The number of likely N-dealkylation sites (tertiary alicyclic amines) is 1. The number of amides is 1. The third kappa shape index (κ3) is 4.39. The van der Waals surface area contributed by atoms with Gasteiger partial charge >= 0.3 is 0 Å². The number of nitrogens with zero attached hydrogens (tertiary/aromatic N) is 4. The largest absolute Gasteiger partial charge is 0.378 e. The molecule has 25 heavy (non-hydrogen) atoms. The van der Waals surface area contributed by atoms with Gasteiger partial charge in [0, 0.05) is 52.2 Å². The standard InChI is InChI=1S/C19H27N5O/c1-22(2)17-7-4-6-15(10-17)13-24-9-5-8-18(24)12-20-19(25)16-11-21-23(3)14-16/h4,6-7,10-11,14,18H,5,8-9,12-13H2,1-3H3,(H,20,25)/t18-/m0/s1. The molecule has 2 aromatic rings. The normalized spacial score (nSPS) is 17.6. The number of carbonyl (C=O) groups excluding carboxylic acids is 1. The molecular formula is C19H27N5O. The van der Waals surface area contributed by atoms with Crippen molar-refractivity contribution in [3.63, 3.8) is 0 Å². The Morgan fingerprint density at radius 2 is 2.24 bits per heavy atom. The highest BCUT2D eigenvalue weighted by Gasteiger charge is 2.25. The maximum Gasteiger partial charge on any atom is 0.254 e. The molecule has 0 saturated carbocycles. The number of anilines is 1. The lowest BCUT2D eigenvalue weighted by atomic mass is 10.1. The summed E-state index contributed by atoms with van der Waals surface area (Å²) in [7, 11) is 5.94. The molecule has 1 amide bonds. The molecule has 3 rings (SSSR count). The van der Waals surface area contributed by atoms with E-state index < -0.39 is 0 Å². The van der Waals surface area contributed by atoms with Gasteiger partial charge in [0.25, 0.3) is 5.91 Å². The van der Waals surface area contributed by atoms with Gasteiger partial charge in [0.1, 0.15) is 0 Å². The van der Waals surface area contributed by atoms with E-state index >= 15 is 0 Å². The van der Waals surface area contributed by atoms with Crippen LogP contribution in [0.2, 0.25) is 0 Å². The van der Waals surface area contributed by atoms with Crippen molar-refractivity contribution in [3.05, 3.63) is 47.8 Å². The van der Waals surface area contributed by atoms with Crippen molar-refractivity contribution in [1.29, 1.82) is 0 Å². The second kappa shape index (κ2) is 7.70. The molecule has 0 aliphatic carbocycles. The van der Waals surface area contributed by atoms with E-state index in [1.165, 1.54) is 17.7 Å². The molecule has 2 heterocycles. The summed E-state index contributed by atoms with van der Waals surface area (Å²) >= 11 is 0. The Balaban J connectivity index is 1.57. The van der Waals surface area contributed by atoms with Crippen molar-refractivity contribution in [3.8, 4) is 0 Å². The minimum Gasteiger partial charge on any atom is -0.378 e. The molecule has 0 radical (unpaired) electrons. The molecule has 6 heteroatoms. The molecule has 134 valence electrons. The van der Waals surface area contributed by atoms with E-state index in [2.05, 4.69) is 58.6 Å². The number of nitrogens with one attached hydrogen (secondary N) is 1. The molecule has 0 unspecified atom stereocenters. The number of aromatic nitrogens is 2. The third-order valence-electron chi connectivity index (χ3n) is 4.78. The van der Waals surface area contributed by atoms with Crippen molar-refractivity contribution >= 4 is 11.6 Å². The molecule has 1 atom stereocenters. The molecule has 1 saturated heterocycles. The molecular weight excluding hydrogens is 314 g/mol. The van der Waals surface area contributed by atoms with Crippen molar-refractivity contribution in [2.75, 3.05) is 32.1 Å². The summed E-state index contributed by atoms with van der Waals surface area (Å²) in [5.74, 6) is -0.0467. The van der Waals surface area contributed by atoms with E-state index in [0.29, 0.717) is 18.2 Å². The van der Waals surface area contributed by atoms with Gasteiger partial charge in [-0.3, -0.25) is 14.4 Å². The molecule has 0 spiro atoms. The third-order valence-corrected chi connectivity index (χ3v) is 4.78. The van der Waals surface area contributed by atoms with Gasteiger partial charge in [-0.25, -0.2) is 0 Å². The Hall–Kier alpha value is -2.34. The highest BCUT2D eigenvalue weighted by atomic mass is 16.1. The molecule has 1 aromatic heterocycles. The van der Waals surface area contributed by atoms with Gasteiger partial charge in [0.2, 0.25) is 0 Å². The van der Waals surface area contributed by atoms with Gasteiger partial charge in [-0.1, -0.05) is 12.1 Å². The number of hydrogen-bond acceptors (Lipinski definition) is 4. The molecule has 1 N–H and O–H groups in total. The lowest BCUT2D eigenvalue weighted by molar-refractivity contribution is 0.0939. The minimum atomic E-state index is -0.0467. The van der Waals surface area contributed by atoms with E-state index in [4.69, 9.17) is 0 Å². The van der Waals surface area contributed by atoms with Crippen molar-refractivity contribution in [2.45, 2.75) is 25.4 Å². The number of carbonyl (C=O) groups is 1. The molecule has 1 aliphatic heterocycles. The summed E-state index contributed by atoms with van der Waals surface area (Å²) in [6.07, 6.45) is 5.66. The SMILES string of the molecule is CN(C)c1cccc(CN2CCC[C@H]2CNC(=O)c2cnn(C)c2)c1. The van der Waals surface area contributed by atoms with Crippen LogP contribution in [-0.4, -0.2) is 53.8 Å². The lowest BCUT2D eigenvalue weighted by Crippen LogP contribution is -2.39. The van der Waals surface area contributed by atoms with Gasteiger partial charge in [-0.15, -0.1) is 0 Å². The van der Waals surface area contributed by atoms with E-state index in [-0.39, 0.29) is 5.91 Å². The van der Waals surface area contributed by atoms with Crippen molar-refractivity contribution in [2.24, 2.45) is 7.05 Å². The fourth-order valence-electron chi connectivity index (χ4n) is 3.35. The van der Waals surface area contributed by atoms with Gasteiger partial charge in [0.05, 0.1) is 11.8 Å². The highest BCUT2D eigenvalue weighted by molar-refractivity contribution is 5.93. The van der Waals surface area contributed by atoms with Crippen LogP contribution in [0.25, 0.3) is 0 Å². The van der Waals surface area contributed by atoms with Crippen LogP contribution < -0.4 is 10.2 Å². The van der Waals surface area contributed by atoms with Crippen LogP contribution in [0.5, 0.6) is 0 Å². The summed E-state index contributed by atoms with van der Waals surface area (Å²) in [5, 5.41) is 7.11. The maximum absolute atomic E-state index is 12.2. The minimum absolute atomic E-state index is 0.0467. The van der Waals surface area contributed by atoms with E-state index in [9.17, 15) is 4.79 Å². The first kappa shape index (κ1) is 17.5. The quantitative estimate of drug-likeness (QED) is 0.872. The highest BCUT2D eigenvalue weighted by Crippen LogP contribution is 2.21. The van der Waals surface area contributed by atoms with Crippen LogP contribution >= 0.6 is 0 Å². The summed E-state index contributed by atoms with van der Waals surface area (Å²) in [4.78, 5) is 16.8. The second-order valence-corrected chi connectivity index (χ2v) is 6.94. The van der Waals surface area contributed by atoms with Crippen molar-refractivity contribution in [1.82, 2.24) is 20.0 Å². The van der Waals surface area contributed by atoms with E-state index in [1.54, 1.807) is 17.1 Å². The van der Waals surface area contributed by atoms with Crippen LogP contribution in [-0.2, 0) is 13.6 Å². The van der Waals surface area contributed by atoms with Gasteiger partial charge in [-0.05, 0) is 37.1 Å². The van der Waals surface area contributed by atoms with E-state index in [0.717, 1.165) is 19.5 Å². The first-order valence-corrected chi connectivity index (χ1v) is 8.80. The Morgan fingerprint density at radius 3 is 2.96 bits per heavy atom. The first-order chi connectivity index (χ1) is 12.0. The number of hydrogen-bond donors (Lipinski definition) is 1. The summed E-state index contributed by atoms with van der Waals surface area (Å²) in [6, 6.07) is 9.04. The number of benzene rings is 1. The summed E-state index contributed by atoms with van der Waals surface area (Å²) in [6.45, 7) is 2.69. The fourth-order valence-corrected chi connectivity index (χ4v) is 3.35. The van der Waals surface area contributed by atoms with Gasteiger partial charge in [-0.2, -0.15) is 5.10 Å². The zero-order chi connectivity index (χ0) is 17.8. The van der Waals surface area contributed by atoms with Crippen molar-refractivity contribution < 1.29 is 4.79 Å². The van der Waals surface area contributed by atoms with Crippen LogP contribution in [0.3, 0.4) is 0 Å². The zero-order valence-electron chi connectivity index (χ0n) is 15.3. The molecule has 6 nitrogen and oxygen atoms in total. The Morgan fingerprint density at radius 1 is 1.40 bits per heavy atom. The smallest absolute Gasteiger partial charge is 0.254 e. The average Bonchev–Trinajstić information content (AvgIpc) is 3.22. The lowest BCUT2D eigenvalue weighted by Gasteiger charge is -2.25. The maximum atomic E-state index is 12.2. The fraction of sp³-hybridized carbons (Fsp3) is 0.474. The van der Waals surface area contributed by atoms with Gasteiger partial charge < -0.3 is 10.2 Å². The number of rotatable bonds is 6. The second-order valence-electron chi connectivity index (χ2n) is 6.94. The summed E-state index contributed by atoms with van der Waals surface area (Å²) in [5.41, 5.74) is 3.15. The Bertz CT molecular complexity index is 724. The first-order valence-electron chi connectivity index (χ1n) is 8.80. The molecule has 1 aliphatic rings. The van der Waals surface area contributed by atoms with Gasteiger partial charge in [0.15, 0.2) is 0 Å². The van der Waals surface area contributed by atoms with Crippen LogP contribution in [0.1, 0.15) is 28.8 Å². The topological polar surface area (TPSA) is 53.4 Å². The van der Waals surface area contributed by atoms with Crippen LogP contribution in [0.4, 0.5) is 5.69 Å². The van der Waals surface area contributed by atoms with E-state index in [1.807, 2.05) is 7.05 Å². The molecule has 0 bridgehead atoms. The number of aryl methyl sites for hydroxylation is 1. The molecule has 1 fully saturated rings. The molecule has 1 aromatic carbocycles. The Labute approximate surface area is 149 Å². The van der Waals surface area contributed by atoms with Crippen LogP contribution in [0, 0.1) is 0 Å². The van der Waals surface area contributed by atoms with Crippen LogP contribution in [0.15, 0.2) is 36.7 Å². The zero-order valence-corrected chi connectivity index (χ0v) is 15.3. The predicted molar refractivity (Wildman–Crippen MR) is 99.7 cm³/mol.